The zero-order valence-electron chi connectivity index (χ0n) is 25.9. The summed E-state index contributed by atoms with van der Waals surface area (Å²) in [5.74, 6) is -1.41. The van der Waals surface area contributed by atoms with Crippen molar-refractivity contribution in [2.24, 2.45) is 11.5 Å². The van der Waals surface area contributed by atoms with Gasteiger partial charge in [0.25, 0.3) is 0 Å². The fraction of sp³-hybridized carbons (Fsp3) is 0.485. The summed E-state index contributed by atoms with van der Waals surface area (Å²) in [6, 6.07) is 10.3. The van der Waals surface area contributed by atoms with E-state index in [0.29, 0.717) is 25.1 Å². The number of carbonyl (C=O) groups excluding carboxylic acids is 3. The van der Waals surface area contributed by atoms with E-state index in [-0.39, 0.29) is 37.1 Å². The van der Waals surface area contributed by atoms with Crippen LogP contribution in [-0.4, -0.2) is 61.2 Å². The molecule has 240 valence electrons. The minimum absolute atomic E-state index is 0.00970. The molecule has 3 rings (SSSR count). The molecule has 0 spiro atoms. The Morgan fingerprint density at radius 1 is 1.00 bits per heavy atom. The lowest BCUT2D eigenvalue weighted by atomic mass is 10.0. The van der Waals surface area contributed by atoms with Crippen LogP contribution in [0.2, 0.25) is 0 Å². The van der Waals surface area contributed by atoms with E-state index in [4.69, 9.17) is 16.2 Å². The number of carbonyl (C=O) groups is 3. The van der Waals surface area contributed by atoms with Gasteiger partial charge in [0.2, 0.25) is 17.7 Å². The quantitative estimate of drug-likeness (QED) is 0.132. The average Bonchev–Trinajstić information content (AvgIpc) is 3.35. The minimum atomic E-state index is -0.915. The van der Waals surface area contributed by atoms with E-state index >= 15 is 0 Å². The fourth-order valence-electron chi connectivity index (χ4n) is 5.13. The van der Waals surface area contributed by atoms with Crippen LogP contribution in [0.3, 0.4) is 0 Å². The molecule has 0 aliphatic carbocycles. The van der Waals surface area contributed by atoms with Gasteiger partial charge < -0.3 is 36.7 Å². The number of fused-ring (bicyclic) bond motifs is 1. The maximum Gasteiger partial charge on any atom is 0.246 e. The third-order valence-electron chi connectivity index (χ3n) is 7.44. The van der Waals surface area contributed by atoms with Crippen LogP contribution in [0.1, 0.15) is 55.7 Å². The van der Waals surface area contributed by atoms with Gasteiger partial charge in [0, 0.05) is 50.3 Å². The number of nitrogens with two attached hydrogens (primary N) is 2. The highest BCUT2D eigenvalue weighted by Gasteiger charge is 2.25. The number of nitrogens with zero attached hydrogens (tertiary/aromatic N) is 1. The minimum Gasteiger partial charge on any atom is -0.372 e. The van der Waals surface area contributed by atoms with E-state index < -0.39 is 18.0 Å². The molecule has 1 aromatic heterocycles. The van der Waals surface area contributed by atoms with E-state index in [1.165, 1.54) is 19.2 Å². The van der Waals surface area contributed by atoms with Gasteiger partial charge in [0.05, 0.1) is 6.04 Å². The zero-order valence-corrected chi connectivity index (χ0v) is 25.9. The van der Waals surface area contributed by atoms with Crippen molar-refractivity contribution in [3.63, 3.8) is 0 Å². The molecule has 11 heteroatoms. The van der Waals surface area contributed by atoms with Crippen molar-refractivity contribution in [2.75, 3.05) is 26.8 Å². The molecule has 0 radical (unpaired) electrons. The number of unbranched alkanes of at least 4 members (excludes halogenated alkanes) is 3. The Morgan fingerprint density at radius 2 is 1.77 bits per heavy atom. The van der Waals surface area contributed by atoms with Crippen molar-refractivity contribution in [3.05, 3.63) is 71.2 Å². The van der Waals surface area contributed by atoms with E-state index in [9.17, 15) is 18.8 Å². The Morgan fingerprint density at radius 3 is 2.52 bits per heavy atom. The third-order valence-corrected chi connectivity index (χ3v) is 7.44. The maximum atomic E-state index is 14.3. The molecule has 0 bridgehead atoms. The number of nitrogens with one attached hydrogen (secondary N) is 3. The summed E-state index contributed by atoms with van der Waals surface area (Å²) >= 11 is 0. The first kappa shape index (κ1) is 34.7. The molecule has 3 amide bonds. The molecule has 0 saturated carbocycles. The van der Waals surface area contributed by atoms with Crippen LogP contribution in [0.4, 0.5) is 4.39 Å². The number of hydrogen-bond acceptors (Lipinski definition) is 6. The predicted molar refractivity (Wildman–Crippen MR) is 170 cm³/mol. The zero-order chi connectivity index (χ0) is 31.9. The summed E-state index contributed by atoms with van der Waals surface area (Å²) in [6.45, 7) is 4.27. The number of benzene rings is 2. The van der Waals surface area contributed by atoms with Gasteiger partial charge in [-0.25, -0.2) is 4.39 Å². The Hall–Kier alpha value is -3.80. The molecular weight excluding hydrogens is 563 g/mol. The van der Waals surface area contributed by atoms with Crippen molar-refractivity contribution in [1.82, 2.24) is 20.5 Å². The van der Waals surface area contributed by atoms with Crippen molar-refractivity contribution >= 4 is 28.6 Å². The topological polar surface area (TPSA) is 154 Å². The van der Waals surface area contributed by atoms with Gasteiger partial charge >= 0.3 is 0 Å². The summed E-state index contributed by atoms with van der Waals surface area (Å²) in [5, 5.41) is 8.95. The van der Waals surface area contributed by atoms with E-state index in [0.717, 1.165) is 60.9 Å². The van der Waals surface area contributed by atoms with E-state index in [1.807, 2.05) is 37.4 Å². The highest BCUT2D eigenvalue weighted by atomic mass is 19.1. The molecule has 0 aliphatic heterocycles. The highest BCUT2D eigenvalue weighted by Crippen LogP contribution is 2.25. The summed E-state index contributed by atoms with van der Waals surface area (Å²) in [4.78, 5) is 38.0. The molecule has 1 unspecified atom stereocenters. The number of amides is 3. The number of aromatic nitrogens is 1. The number of halogens is 1. The summed E-state index contributed by atoms with van der Waals surface area (Å²) < 4.78 is 21.6. The molecule has 3 aromatic rings. The van der Waals surface area contributed by atoms with Crippen molar-refractivity contribution in [1.29, 1.82) is 0 Å². The molecule has 44 heavy (non-hydrogen) atoms. The van der Waals surface area contributed by atoms with Gasteiger partial charge in [-0.2, -0.15) is 0 Å². The molecule has 0 aliphatic rings. The fourth-order valence-corrected chi connectivity index (χ4v) is 5.13. The third kappa shape index (κ3) is 10.7. The van der Waals surface area contributed by atoms with Gasteiger partial charge in [0.15, 0.2) is 0 Å². The molecule has 0 saturated heterocycles. The lowest BCUT2D eigenvalue weighted by molar-refractivity contribution is -0.129. The van der Waals surface area contributed by atoms with Crippen LogP contribution in [0.25, 0.3) is 10.9 Å². The van der Waals surface area contributed by atoms with Crippen molar-refractivity contribution < 1.29 is 23.5 Å². The second kappa shape index (κ2) is 18.1. The van der Waals surface area contributed by atoms with E-state index in [2.05, 4.69) is 20.5 Å². The van der Waals surface area contributed by atoms with Crippen LogP contribution in [0, 0.1) is 5.82 Å². The second-order valence-electron chi connectivity index (χ2n) is 11.1. The van der Waals surface area contributed by atoms with E-state index in [1.54, 1.807) is 6.07 Å². The Labute approximate surface area is 259 Å². The first-order chi connectivity index (χ1) is 21.2. The smallest absolute Gasteiger partial charge is 0.246 e. The van der Waals surface area contributed by atoms with Crippen molar-refractivity contribution in [3.8, 4) is 0 Å². The first-order valence-electron chi connectivity index (χ1n) is 15.4. The normalized spacial score (nSPS) is 12.6. The second-order valence-corrected chi connectivity index (χ2v) is 11.1. The molecule has 1 heterocycles. The highest BCUT2D eigenvalue weighted by molar-refractivity contribution is 5.91. The monoisotopic (exact) mass is 610 g/mol. The number of aryl methyl sites for hydroxylation is 1. The van der Waals surface area contributed by atoms with Crippen LogP contribution >= 0.6 is 0 Å². The molecular formula is C33H47FN6O4. The first-order valence-corrected chi connectivity index (χ1v) is 15.4. The number of rotatable bonds is 19. The Bertz CT molecular complexity index is 1380. The van der Waals surface area contributed by atoms with Crippen LogP contribution in [0.15, 0.2) is 48.7 Å². The molecule has 2 atom stereocenters. The molecule has 10 nitrogen and oxygen atoms in total. The summed E-state index contributed by atoms with van der Waals surface area (Å²) in [6.07, 6.45) is 7.22. The lowest BCUT2D eigenvalue weighted by Crippen LogP contribution is -2.52. The van der Waals surface area contributed by atoms with Gasteiger partial charge in [0.1, 0.15) is 18.5 Å². The Kier molecular flexibility index (Phi) is 14.3. The Balaban J connectivity index is 1.66. The summed E-state index contributed by atoms with van der Waals surface area (Å²) in [7, 11) is 1.51. The van der Waals surface area contributed by atoms with Crippen LogP contribution in [-0.2, 0) is 45.1 Å². The van der Waals surface area contributed by atoms with Crippen LogP contribution in [0.5, 0.6) is 0 Å². The lowest BCUT2D eigenvalue weighted by Gasteiger charge is -2.20. The van der Waals surface area contributed by atoms with Gasteiger partial charge in [-0.1, -0.05) is 44.0 Å². The number of likely N-dealkylation sites (N-methyl/N-ethyl adjacent to an activating group) is 1. The van der Waals surface area contributed by atoms with Gasteiger partial charge in [-0.3, -0.25) is 14.4 Å². The molecule has 0 fully saturated rings. The SMILES string of the molecule is CCCOCC(=O)NCc1cccc(CC(N)C(=O)N[C@@H](Cc2cn(CCCCCCN)c3ccc(F)cc23)C(=O)NC)c1. The molecule has 2 aromatic carbocycles. The largest absolute Gasteiger partial charge is 0.372 e. The summed E-state index contributed by atoms with van der Waals surface area (Å²) in [5.41, 5.74) is 15.2. The number of hydrogen-bond donors (Lipinski definition) is 5. The average molecular weight is 611 g/mol. The maximum absolute atomic E-state index is 14.3. The van der Waals surface area contributed by atoms with Crippen molar-refractivity contribution in [2.45, 2.75) is 77.0 Å². The number of ether oxygens (including phenoxy) is 1. The predicted octanol–water partition coefficient (Wildman–Crippen LogP) is 2.69. The van der Waals surface area contributed by atoms with Gasteiger partial charge in [-0.05, 0) is 67.1 Å². The molecule has 7 N–H and O–H groups in total. The van der Waals surface area contributed by atoms with Gasteiger partial charge in [-0.15, -0.1) is 0 Å². The van der Waals surface area contributed by atoms with Crippen LogP contribution < -0.4 is 27.4 Å². The standard InChI is InChI=1S/C33H47FN6O4/c1-3-15-44-22-31(41)38-20-24-10-8-9-23(16-24)17-28(36)32(42)39-29(33(43)37-2)18-25-21-40(14-7-5-4-6-13-35)30-12-11-26(34)19-27(25)30/h8-12,16,19,21,28-29H,3-7,13-15,17-18,20,22,35-36H2,1-2H3,(H,37,43)(H,38,41)(H,39,42)/t28?,29-/m0/s1.